The number of carbonyl (C=O) groups is 1. The van der Waals surface area contributed by atoms with Crippen LogP contribution in [0.4, 0.5) is 5.69 Å². The lowest BCUT2D eigenvalue weighted by atomic mass is 10.1. The number of benzene rings is 1. The number of Topliss-reactive ketones (excluding diaryl/α,β-unsaturated/α-hetero) is 1. The molecule has 1 aromatic carbocycles. The maximum absolute atomic E-state index is 11.1. The molecule has 1 aromatic heterocycles. The first-order chi connectivity index (χ1) is 9.06. The fourth-order valence-electron chi connectivity index (χ4n) is 1.32. The lowest BCUT2D eigenvalue weighted by molar-refractivity contribution is -0.385. The molecule has 0 bridgehead atoms. The average Bonchev–Trinajstić information content (AvgIpc) is 2.40. The van der Waals surface area contributed by atoms with Crippen molar-refractivity contribution in [1.82, 2.24) is 9.97 Å². The smallest absolute Gasteiger partial charge is 0.322 e. The van der Waals surface area contributed by atoms with Gasteiger partial charge in [-0.1, -0.05) is 0 Å². The molecule has 0 aliphatic rings. The zero-order valence-electron chi connectivity index (χ0n) is 9.94. The molecule has 0 atom stereocenters. The van der Waals surface area contributed by atoms with E-state index in [4.69, 9.17) is 4.74 Å². The van der Waals surface area contributed by atoms with Crippen molar-refractivity contribution in [2.45, 2.75) is 6.92 Å². The summed E-state index contributed by atoms with van der Waals surface area (Å²) in [4.78, 5) is 28.3. The van der Waals surface area contributed by atoms with E-state index in [9.17, 15) is 14.9 Å². The molecule has 19 heavy (non-hydrogen) atoms. The number of ether oxygens (including phenoxy) is 1. The SMILES string of the molecule is CC(=O)c1ccc(Oc2ncc([N+](=O)[O-])cn2)cc1. The number of nitro groups is 1. The van der Waals surface area contributed by atoms with Gasteiger partial charge in [0, 0.05) is 5.56 Å². The first kappa shape index (κ1) is 12.6. The van der Waals surface area contributed by atoms with E-state index >= 15 is 0 Å². The summed E-state index contributed by atoms with van der Waals surface area (Å²) >= 11 is 0. The molecule has 0 radical (unpaired) electrons. The molecule has 0 aliphatic carbocycles. The first-order valence-electron chi connectivity index (χ1n) is 5.31. The van der Waals surface area contributed by atoms with Gasteiger partial charge in [-0.05, 0) is 31.2 Å². The summed E-state index contributed by atoms with van der Waals surface area (Å²) in [6.07, 6.45) is 2.12. The molecule has 0 spiro atoms. The van der Waals surface area contributed by atoms with Gasteiger partial charge in [-0.15, -0.1) is 0 Å². The van der Waals surface area contributed by atoms with Crippen molar-refractivity contribution >= 4 is 11.5 Å². The molecule has 2 rings (SSSR count). The number of aromatic nitrogens is 2. The Morgan fingerprint density at radius 3 is 2.26 bits per heavy atom. The van der Waals surface area contributed by atoms with Crippen LogP contribution in [0.25, 0.3) is 0 Å². The van der Waals surface area contributed by atoms with Crippen LogP contribution in [0.5, 0.6) is 11.8 Å². The summed E-state index contributed by atoms with van der Waals surface area (Å²) in [7, 11) is 0. The van der Waals surface area contributed by atoms with Crippen molar-refractivity contribution in [1.29, 1.82) is 0 Å². The van der Waals surface area contributed by atoms with E-state index in [-0.39, 0.29) is 17.5 Å². The van der Waals surface area contributed by atoms with Crippen molar-refractivity contribution in [3.8, 4) is 11.8 Å². The maximum atomic E-state index is 11.1. The van der Waals surface area contributed by atoms with Crippen LogP contribution in [0.1, 0.15) is 17.3 Å². The second-order valence-corrected chi connectivity index (χ2v) is 3.66. The molecular formula is C12H9N3O4. The molecule has 0 fully saturated rings. The predicted molar refractivity (Wildman–Crippen MR) is 65.2 cm³/mol. The first-order valence-corrected chi connectivity index (χ1v) is 5.31. The third-order valence-electron chi connectivity index (χ3n) is 2.30. The van der Waals surface area contributed by atoms with Crippen LogP contribution in [-0.4, -0.2) is 20.7 Å². The van der Waals surface area contributed by atoms with Crippen LogP contribution < -0.4 is 4.74 Å². The van der Waals surface area contributed by atoms with E-state index in [1.54, 1.807) is 24.3 Å². The van der Waals surface area contributed by atoms with Gasteiger partial charge in [0.25, 0.3) is 0 Å². The van der Waals surface area contributed by atoms with Gasteiger partial charge >= 0.3 is 11.7 Å². The zero-order chi connectivity index (χ0) is 13.8. The highest BCUT2D eigenvalue weighted by atomic mass is 16.6. The average molecular weight is 259 g/mol. The molecule has 7 heteroatoms. The van der Waals surface area contributed by atoms with Crippen LogP contribution in [0.2, 0.25) is 0 Å². The minimum atomic E-state index is -0.592. The van der Waals surface area contributed by atoms with Gasteiger partial charge < -0.3 is 4.74 Å². The Morgan fingerprint density at radius 1 is 1.21 bits per heavy atom. The van der Waals surface area contributed by atoms with Crippen LogP contribution in [0, 0.1) is 10.1 Å². The molecule has 1 heterocycles. The van der Waals surface area contributed by atoms with Crippen LogP contribution in [-0.2, 0) is 0 Å². The molecular weight excluding hydrogens is 250 g/mol. The van der Waals surface area contributed by atoms with Crippen molar-refractivity contribution in [3.05, 3.63) is 52.3 Å². The highest BCUT2D eigenvalue weighted by Gasteiger charge is 2.08. The Labute approximate surface area is 108 Å². The lowest BCUT2D eigenvalue weighted by Gasteiger charge is -2.03. The Kier molecular flexibility index (Phi) is 3.46. The predicted octanol–water partition coefficient (Wildman–Crippen LogP) is 2.38. The number of nitrogens with zero attached hydrogens (tertiary/aromatic N) is 3. The third kappa shape index (κ3) is 3.09. The largest absolute Gasteiger partial charge is 0.424 e. The molecule has 0 saturated carbocycles. The number of hydrogen-bond donors (Lipinski definition) is 0. The molecule has 0 aliphatic heterocycles. The van der Waals surface area contributed by atoms with Gasteiger partial charge in [-0.3, -0.25) is 14.9 Å². The summed E-state index contributed by atoms with van der Waals surface area (Å²) in [5.41, 5.74) is 0.358. The summed E-state index contributed by atoms with van der Waals surface area (Å²) in [5, 5.41) is 10.4. The molecule has 2 aromatic rings. The Hall–Kier alpha value is -2.83. The van der Waals surface area contributed by atoms with Crippen molar-refractivity contribution < 1.29 is 14.5 Å². The van der Waals surface area contributed by atoms with E-state index < -0.39 is 4.92 Å². The quantitative estimate of drug-likeness (QED) is 0.475. The van der Waals surface area contributed by atoms with E-state index in [1.165, 1.54) is 6.92 Å². The summed E-state index contributed by atoms with van der Waals surface area (Å²) in [6.45, 7) is 1.47. The minimum Gasteiger partial charge on any atom is -0.424 e. The minimum absolute atomic E-state index is 0.00109. The van der Waals surface area contributed by atoms with Gasteiger partial charge in [0.15, 0.2) is 5.78 Å². The summed E-state index contributed by atoms with van der Waals surface area (Å²) < 4.78 is 5.29. The van der Waals surface area contributed by atoms with Gasteiger partial charge in [-0.25, -0.2) is 0 Å². The Balaban J connectivity index is 2.12. The number of carbonyl (C=O) groups excluding carboxylic acids is 1. The van der Waals surface area contributed by atoms with Gasteiger partial charge in [0.05, 0.1) is 4.92 Å². The molecule has 96 valence electrons. The molecule has 0 unspecified atom stereocenters. The summed E-state index contributed by atoms with van der Waals surface area (Å²) in [6, 6.07) is 6.43. The van der Waals surface area contributed by atoms with E-state index in [0.717, 1.165) is 12.4 Å². The summed E-state index contributed by atoms with van der Waals surface area (Å²) in [5.74, 6) is 0.400. The highest BCUT2D eigenvalue weighted by molar-refractivity contribution is 5.94. The highest BCUT2D eigenvalue weighted by Crippen LogP contribution is 2.19. The van der Waals surface area contributed by atoms with E-state index in [1.807, 2.05) is 0 Å². The third-order valence-corrected chi connectivity index (χ3v) is 2.30. The van der Waals surface area contributed by atoms with Gasteiger partial charge in [0.2, 0.25) is 0 Å². The molecule has 0 amide bonds. The van der Waals surface area contributed by atoms with Crippen LogP contribution in [0.3, 0.4) is 0 Å². The standard InChI is InChI=1S/C12H9N3O4/c1-8(16)9-2-4-11(5-3-9)19-12-13-6-10(7-14-12)15(17)18/h2-7H,1H3. The van der Waals surface area contributed by atoms with Crippen LogP contribution >= 0.6 is 0 Å². The van der Waals surface area contributed by atoms with Crippen molar-refractivity contribution in [2.75, 3.05) is 0 Å². The lowest BCUT2D eigenvalue weighted by Crippen LogP contribution is -1.95. The molecule has 0 N–H and O–H groups in total. The fraction of sp³-hybridized carbons (Fsp3) is 0.0833. The number of hydrogen-bond acceptors (Lipinski definition) is 6. The van der Waals surface area contributed by atoms with E-state index in [0.29, 0.717) is 11.3 Å². The second-order valence-electron chi connectivity index (χ2n) is 3.66. The van der Waals surface area contributed by atoms with Crippen LogP contribution in [0.15, 0.2) is 36.7 Å². The Bertz CT molecular complexity index is 552. The molecule has 7 nitrogen and oxygen atoms in total. The van der Waals surface area contributed by atoms with Gasteiger partial charge in [-0.2, -0.15) is 9.97 Å². The zero-order valence-corrected chi connectivity index (χ0v) is 9.94. The number of ketones is 1. The Morgan fingerprint density at radius 2 is 1.79 bits per heavy atom. The fourth-order valence-corrected chi connectivity index (χ4v) is 1.32. The van der Waals surface area contributed by atoms with Gasteiger partial charge in [0.1, 0.15) is 18.1 Å². The topological polar surface area (TPSA) is 95.2 Å². The molecule has 0 saturated heterocycles. The van der Waals surface area contributed by atoms with Crippen molar-refractivity contribution in [3.63, 3.8) is 0 Å². The van der Waals surface area contributed by atoms with E-state index in [2.05, 4.69) is 9.97 Å². The monoisotopic (exact) mass is 259 g/mol. The second kappa shape index (κ2) is 5.21. The van der Waals surface area contributed by atoms with Crippen molar-refractivity contribution in [2.24, 2.45) is 0 Å². The maximum Gasteiger partial charge on any atom is 0.322 e. The number of rotatable bonds is 4. The normalized spacial score (nSPS) is 9.95.